The summed E-state index contributed by atoms with van der Waals surface area (Å²) in [4.78, 5) is 20.9. The molecular weight excluding hydrogens is 274 g/mol. The number of amides is 1. The van der Waals surface area contributed by atoms with E-state index in [1.165, 1.54) is 12.8 Å². The molecule has 114 valence electrons. The van der Waals surface area contributed by atoms with Crippen LogP contribution in [0.1, 0.15) is 28.8 Å². The maximum Gasteiger partial charge on any atom is 0.255 e. The Balaban J connectivity index is 1.66. The van der Waals surface area contributed by atoms with Crippen LogP contribution in [0.4, 0.5) is 5.82 Å². The number of hydrogen-bond donors (Lipinski definition) is 0. The van der Waals surface area contributed by atoms with Gasteiger partial charge in [0.05, 0.1) is 5.56 Å². The number of nitrogens with zero attached hydrogens (tertiary/aromatic N) is 3. The number of anilines is 1. The molecule has 1 saturated heterocycles. The van der Waals surface area contributed by atoms with Crippen LogP contribution in [-0.2, 0) is 6.54 Å². The summed E-state index contributed by atoms with van der Waals surface area (Å²) in [6.45, 7) is 2.73. The first-order chi connectivity index (χ1) is 10.7. The lowest BCUT2D eigenvalue weighted by Gasteiger charge is -2.19. The maximum absolute atomic E-state index is 12.5. The van der Waals surface area contributed by atoms with Crippen LogP contribution in [0.3, 0.4) is 0 Å². The first kappa shape index (κ1) is 14.6. The fourth-order valence-electron chi connectivity index (χ4n) is 2.80. The monoisotopic (exact) mass is 295 g/mol. The molecule has 0 spiro atoms. The van der Waals surface area contributed by atoms with E-state index in [0.717, 1.165) is 24.5 Å². The summed E-state index contributed by atoms with van der Waals surface area (Å²) in [7, 11) is 1.82. The van der Waals surface area contributed by atoms with E-state index in [9.17, 15) is 4.79 Å². The predicted molar refractivity (Wildman–Crippen MR) is 87.9 cm³/mol. The lowest BCUT2D eigenvalue weighted by atomic mass is 10.2. The Kier molecular flexibility index (Phi) is 4.37. The molecule has 3 rings (SSSR count). The summed E-state index contributed by atoms with van der Waals surface area (Å²) in [6, 6.07) is 13.8. The van der Waals surface area contributed by atoms with Crippen LogP contribution in [0.2, 0.25) is 0 Å². The van der Waals surface area contributed by atoms with Crippen LogP contribution in [-0.4, -0.2) is 35.9 Å². The first-order valence-corrected chi connectivity index (χ1v) is 7.74. The maximum atomic E-state index is 12.5. The molecule has 0 aliphatic carbocycles. The molecule has 1 aliphatic heterocycles. The highest BCUT2D eigenvalue weighted by atomic mass is 16.2. The van der Waals surface area contributed by atoms with Crippen molar-refractivity contribution in [2.75, 3.05) is 25.0 Å². The third kappa shape index (κ3) is 3.27. The van der Waals surface area contributed by atoms with Crippen LogP contribution >= 0.6 is 0 Å². The second kappa shape index (κ2) is 6.60. The molecule has 0 unspecified atom stereocenters. The highest BCUT2D eigenvalue weighted by molar-refractivity contribution is 5.93. The van der Waals surface area contributed by atoms with Crippen molar-refractivity contribution in [3.63, 3.8) is 0 Å². The molecule has 4 heteroatoms. The molecular formula is C18H21N3O. The number of hydrogen-bond acceptors (Lipinski definition) is 3. The van der Waals surface area contributed by atoms with Gasteiger partial charge in [0.2, 0.25) is 0 Å². The van der Waals surface area contributed by atoms with E-state index in [1.807, 2.05) is 49.5 Å². The van der Waals surface area contributed by atoms with E-state index < -0.39 is 0 Å². The molecule has 1 amide bonds. The van der Waals surface area contributed by atoms with E-state index in [0.29, 0.717) is 12.1 Å². The summed E-state index contributed by atoms with van der Waals surface area (Å²) in [5, 5.41) is 0. The van der Waals surface area contributed by atoms with Gasteiger partial charge in [-0.25, -0.2) is 4.98 Å². The zero-order valence-electron chi connectivity index (χ0n) is 12.9. The number of rotatable bonds is 4. The molecule has 1 aromatic carbocycles. The van der Waals surface area contributed by atoms with E-state index >= 15 is 0 Å². The summed E-state index contributed by atoms with van der Waals surface area (Å²) in [5.41, 5.74) is 1.77. The fraction of sp³-hybridized carbons (Fsp3) is 0.333. The van der Waals surface area contributed by atoms with Crippen molar-refractivity contribution in [1.82, 2.24) is 9.88 Å². The number of pyridine rings is 1. The standard InChI is InChI=1S/C18H21N3O/c1-20(14-15-7-3-2-4-8-15)18(22)16-9-10-17(19-13-16)21-11-5-6-12-21/h2-4,7-10,13H,5-6,11-12,14H2,1H3. The quantitative estimate of drug-likeness (QED) is 0.870. The predicted octanol–water partition coefficient (Wildman–Crippen LogP) is 2.95. The third-order valence-corrected chi connectivity index (χ3v) is 4.03. The fourth-order valence-corrected chi connectivity index (χ4v) is 2.80. The Morgan fingerprint density at radius 2 is 1.86 bits per heavy atom. The minimum Gasteiger partial charge on any atom is -0.357 e. The Labute approximate surface area is 131 Å². The molecule has 4 nitrogen and oxygen atoms in total. The van der Waals surface area contributed by atoms with Crippen molar-refractivity contribution in [3.05, 3.63) is 59.8 Å². The van der Waals surface area contributed by atoms with Gasteiger partial charge in [-0.2, -0.15) is 0 Å². The van der Waals surface area contributed by atoms with Gasteiger partial charge in [0.1, 0.15) is 5.82 Å². The van der Waals surface area contributed by atoms with Gasteiger partial charge in [-0.15, -0.1) is 0 Å². The van der Waals surface area contributed by atoms with Crippen LogP contribution < -0.4 is 4.90 Å². The molecule has 0 radical (unpaired) electrons. The van der Waals surface area contributed by atoms with Crippen LogP contribution in [0.5, 0.6) is 0 Å². The molecule has 1 aliphatic rings. The van der Waals surface area contributed by atoms with Crippen LogP contribution in [0, 0.1) is 0 Å². The summed E-state index contributed by atoms with van der Waals surface area (Å²) >= 11 is 0. The Morgan fingerprint density at radius 1 is 1.14 bits per heavy atom. The van der Waals surface area contributed by atoms with Crippen molar-refractivity contribution in [1.29, 1.82) is 0 Å². The van der Waals surface area contributed by atoms with Gasteiger partial charge in [0.15, 0.2) is 0 Å². The molecule has 2 heterocycles. The zero-order chi connectivity index (χ0) is 15.4. The van der Waals surface area contributed by atoms with Gasteiger partial charge in [-0.1, -0.05) is 30.3 Å². The van der Waals surface area contributed by atoms with E-state index in [1.54, 1.807) is 11.1 Å². The Morgan fingerprint density at radius 3 is 2.50 bits per heavy atom. The summed E-state index contributed by atoms with van der Waals surface area (Å²) < 4.78 is 0. The summed E-state index contributed by atoms with van der Waals surface area (Å²) in [6.07, 6.45) is 4.14. The smallest absolute Gasteiger partial charge is 0.255 e. The van der Waals surface area contributed by atoms with Crippen molar-refractivity contribution in [2.24, 2.45) is 0 Å². The zero-order valence-corrected chi connectivity index (χ0v) is 12.9. The highest BCUT2D eigenvalue weighted by Gasteiger charge is 2.16. The molecule has 1 fully saturated rings. The van der Waals surface area contributed by atoms with E-state index in [4.69, 9.17) is 0 Å². The van der Waals surface area contributed by atoms with Crippen molar-refractivity contribution in [3.8, 4) is 0 Å². The minimum absolute atomic E-state index is 0.00400. The second-order valence-electron chi connectivity index (χ2n) is 5.75. The van der Waals surface area contributed by atoms with E-state index in [-0.39, 0.29) is 5.91 Å². The van der Waals surface area contributed by atoms with Crippen molar-refractivity contribution < 1.29 is 4.79 Å². The van der Waals surface area contributed by atoms with Gasteiger partial charge in [-0.05, 0) is 30.5 Å². The third-order valence-electron chi connectivity index (χ3n) is 4.03. The number of benzene rings is 1. The number of aromatic nitrogens is 1. The van der Waals surface area contributed by atoms with Gasteiger partial charge in [0, 0.05) is 32.9 Å². The lowest BCUT2D eigenvalue weighted by molar-refractivity contribution is 0.0784. The van der Waals surface area contributed by atoms with Gasteiger partial charge >= 0.3 is 0 Å². The first-order valence-electron chi connectivity index (χ1n) is 7.74. The molecule has 0 atom stereocenters. The lowest BCUT2D eigenvalue weighted by Crippen LogP contribution is -2.26. The normalized spacial score (nSPS) is 14.1. The van der Waals surface area contributed by atoms with Crippen molar-refractivity contribution >= 4 is 11.7 Å². The van der Waals surface area contributed by atoms with E-state index in [2.05, 4.69) is 9.88 Å². The topological polar surface area (TPSA) is 36.4 Å². The molecule has 0 saturated carbocycles. The Hall–Kier alpha value is -2.36. The largest absolute Gasteiger partial charge is 0.357 e. The summed E-state index contributed by atoms with van der Waals surface area (Å²) in [5.74, 6) is 0.976. The number of carbonyl (C=O) groups is 1. The molecule has 0 N–H and O–H groups in total. The highest BCUT2D eigenvalue weighted by Crippen LogP contribution is 2.18. The molecule has 1 aromatic heterocycles. The average molecular weight is 295 g/mol. The number of carbonyl (C=O) groups excluding carboxylic acids is 1. The molecule has 2 aromatic rings. The SMILES string of the molecule is CN(Cc1ccccc1)C(=O)c1ccc(N2CCCC2)nc1. The average Bonchev–Trinajstić information content (AvgIpc) is 3.10. The van der Waals surface area contributed by atoms with Crippen LogP contribution in [0.15, 0.2) is 48.7 Å². The van der Waals surface area contributed by atoms with Crippen LogP contribution in [0.25, 0.3) is 0 Å². The van der Waals surface area contributed by atoms with Gasteiger partial charge < -0.3 is 9.80 Å². The molecule has 0 bridgehead atoms. The van der Waals surface area contributed by atoms with Gasteiger partial charge in [-0.3, -0.25) is 4.79 Å². The second-order valence-corrected chi connectivity index (χ2v) is 5.75. The van der Waals surface area contributed by atoms with Gasteiger partial charge in [0.25, 0.3) is 5.91 Å². The Bertz CT molecular complexity index is 619. The molecule has 22 heavy (non-hydrogen) atoms. The van der Waals surface area contributed by atoms with Crippen molar-refractivity contribution in [2.45, 2.75) is 19.4 Å². The minimum atomic E-state index is 0.00400.